The Kier molecular flexibility index (Phi) is 7.93. The highest BCUT2D eigenvalue weighted by Crippen LogP contribution is 2.30. The summed E-state index contributed by atoms with van der Waals surface area (Å²) in [6.45, 7) is 12.4. The first-order valence-corrected chi connectivity index (χ1v) is 9.96. The lowest BCUT2D eigenvalue weighted by Gasteiger charge is -2.24. The van der Waals surface area contributed by atoms with Crippen molar-refractivity contribution in [3.05, 3.63) is 40.3 Å². The van der Waals surface area contributed by atoms with Crippen molar-refractivity contribution < 1.29 is 14.0 Å². The van der Waals surface area contributed by atoms with E-state index in [4.69, 9.17) is 19.0 Å². The minimum atomic E-state index is 0.228. The second kappa shape index (κ2) is 10.2. The molecule has 1 aromatic heterocycles. The summed E-state index contributed by atoms with van der Waals surface area (Å²) in [6.07, 6.45) is 0. The summed E-state index contributed by atoms with van der Waals surface area (Å²) in [5.41, 5.74) is 4.39. The topological polar surface area (TPSA) is 72.1 Å². The summed E-state index contributed by atoms with van der Waals surface area (Å²) in [7, 11) is 5.35. The van der Waals surface area contributed by atoms with Crippen LogP contribution >= 0.6 is 0 Å². The van der Waals surface area contributed by atoms with Crippen molar-refractivity contribution in [2.24, 2.45) is 4.99 Å². The predicted octanol–water partition coefficient (Wildman–Crippen LogP) is 3.82. The Morgan fingerprint density at radius 2 is 1.86 bits per heavy atom. The van der Waals surface area contributed by atoms with Crippen molar-refractivity contribution in [1.82, 2.24) is 15.4 Å². The average Bonchev–Trinajstić information content (AvgIpc) is 3.04. The molecule has 2 aromatic rings. The zero-order valence-corrected chi connectivity index (χ0v) is 18.9. The predicted molar refractivity (Wildman–Crippen MR) is 116 cm³/mol. The molecular weight excluding hydrogens is 368 g/mol. The molecule has 160 valence electrons. The number of aryl methyl sites for hydroxylation is 3. The number of hydrogen-bond acceptors (Lipinski definition) is 5. The standard InChI is InChI=1S/C22H34N4O3/c1-9-23-22(24-12-15(3)21-16(4)25-29-17(21)5)26(6)13-18-11-20(28-8)19(27-7)10-14(18)2/h10-11,15H,9,12-13H2,1-8H3,(H,23,24). The van der Waals surface area contributed by atoms with Crippen LogP contribution in [0.2, 0.25) is 0 Å². The van der Waals surface area contributed by atoms with Gasteiger partial charge in [0.25, 0.3) is 0 Å². The molecule has 0 fully saturated rings. The summed E-state index contributed by atoms with van der Waals surface area (Å²) < 4.78 is 16.2. The maximum Gasteiger partial charge on any atom is 0.193 e. The molecule has 29 heavy (non-hydrogen) atoms. The number of aliphatic imine (C=N–C) groups is 1. The van der Waals surface area contributed by atoms with Gasteiger partial charge in [-0.2, -0.15) is 0 Å². The van der Waals surface area contributed by atoms with Crippen molar-refractivity contribution in [2.75, 3.05) is 34.4 Å². The van der Waals surface area contributed by atoms with E-state index in [1.807, 2.05) is 33.0 Å². The monoisotopic (exact) mass is 402 g/mol. The van der Waals surface area contributed by atoms with Crippen molar-refractivity contribution in [3.63, 3.8) is 0 Å². The van der Waals surface area contributed by atoms with Crippen LogP contribution in [-0.2, 0) is 6.54 Å². The smallest absolute Gasteiger partial charge is 0.193 e. The molecule has 7 nitrogen and oxygen atoms in total. The molecule has 0 bridgehead atoms. The molecule has 0 aliphatic carbocycles. The number of ether oxygens (including phenoxy) is 2. The van der Waals surface area contributed by atoms with Gasteiger partial charge in [0.15, 0.2) is 17.5 Å². The molecule has 1 unspecified atom stereocenters. The summed E-state index contributed by atoms with van der Waals surface area (Å²) in [4.78, 5) is 6.98. The third kappa shape index (κ3) is 5.43. The molecule has 0 amide bonds. The number of nitrogens with one attached hydrogen (secondary N) is 1. The summed E-state index contributed by atoms with van der Waals surface area (Å²) in [5, 5.41) is 7.44. The van der Waals surface area contributed by atoms with Gasteiger partial charge in [-0.25, -0.2) is 0 Å². The maximum atomic E-state index is 5.46. The second-order valence-electron chi connectivity index (χ2n) is 7.32. The Hall–Kier alpha value is -2.70. The van der Waals surface area contributed by atoms with Crippen molar-refractivity contribution in [3.8, 4) is 11.5 Å². The third-order valence-corrected chi connectivity index (χ3v) is 5.04. The largest absolute Gasteiger partial charge is 0.493 e. The highest BCUT2D eigenvalue weighted by atomic mass is 16.5. The quantitative estimate of drug-likeness (QED) is 0.535. The van der Waals surface area contributed by atoms with Gasteiger partial charge in [-0.1, -0.05) is 12.1 Å². The fraction of sp³-hybridized carbons (Fsp3) is 0.545. The van der Waals surface area contributed by atoms with Gasteiger partial charge in [-0.15, -0.1) is 0 Å². The first-order chi connectivity index (χ1) is 13.8. The number of guanidine groups is 1. The molecule has 0 radical (unpaired) electrons. The van der Waals surface area contributed by atoms with Crippen molar-refractivity contribution in [1.29, 1.82) is 0 Å². The third-order valence-electron chi connectivity index (χ3n) is 5.04. The number of rotatable bonds is 8. The molecule has 2 rings (SSSR count). The van der Waals surface area contributed by atoms with Gasteiger partial charge in [0.1, 0.15) is 5.76 Å². The van der Waals surface area contributed by atoms with E-state index in [9.17, 15) is 0 Å². The Bertz CT molecular complexity index is 825. The number of hydrogen-bond donors (Lipinski definition) is 1. The molecule has 1 atom stereocenters. The van der Waals surface area contributed by atoms with Crippen LogP contribution in [0.4, 0.5) is 0 Å². The lowest BCUT2D eigenvalue weighted by atomic mass is 10.00. The Labute approximate surface area is 174 Å². The van der Waals surface area contributed by atoms with Crippen LogP contribution in [0, 0.1) is 20.8 Å². The minimum Gasteiger partial charge on any atom is -0.493 e. The Morgan fingerprint density at radius 1 is 1.21 bits per heavy atom. The Balaban J connectivity index is 2.19. The van der Waals surface area contributed by atoms with Gasteiger partial charge in [-0.3, -0.25) is 4.99 Å². The first-order valence-electron chi connectivity index (χ1n) is 9.96. The number of benzene rings is 1. The van der Waals surface area contributed by atoms with Crippen LogP contribution in [-0.4, -0.2) is 50.4 Å². The van der Waals surface area contributed by atoms with Crippen LogP contribution < -0.4 is 14.8 Å². The molecular formula is C22H34N4O3. The van der Waals surface area contributed by atoms with Gasteiger partial charge in [0.2, 0.25) is 0 Å². The van der Waals surface area contributed by atoms with Crippen LogP contribution in [0.1, 0.15) is 47.9 Å². The lowest BCUT2D eigenvalue weighted by Crippen LogP contribution is -2.38. The molecule has 0 saturated heterocycles. The lowest BCUT2D eigenvalue weighted by molar-refractivity contribution is 0.353. The zero-order chi connectivity index (χ0) is 21.6. The normalized spacial score (nSPS) is 12.6. The van der Waals surface area contributed by atoms with Gasteiger partial charge >= 0.3 is 0 Å². The number of aromatic nitrogens is 1. The van der Waals surface area contributed by atoms with E-state index >= 15 is 0 Å². The molecule has 0 aliphatic heterocycles. The zero-order valence-electron chi connectivity index (χ0n) is 18.9. The summed E-state index contributed by atoms with van der Waals surface area (Å²) in [5.74, 6) is 3.43. The molecule has 7 heteroatoms. The average molecular weight is 403 g/mol. The molecule has 1 N–H and O–H groups in total. The molecule has 0 aliphatic rings. The summed E-state index contributed by atoms with van der Waals surface area (Å²) >= 11 is 0. The van der Waals surface area contributed by atoms with Gasteiger partial charge in [0.05, 0.1) is 19.9 Å². The molecule has 0 saturated carbocycles. The fourth-order valence-corrected chi connectivity index (χ4v) is 3.50. The summed E-state index contributed by atoms with van der Waals surface area (Å²) in [6, 6.07) is 4.03. The van der Waals surface area contributed by atoms with Crippen LogP contribution in [0.15, 0.2) is 21.6 Å². The van der Waals surface area contributed by atoms with E-state index in [1.165, 1.54) is 0 Å². The van der Waals surface area contributed by atoms with Crippen molar-refractivity contribution >= 4 is 5.96 Å². The van der Waals surface area contributed by atoms with Crippen LogP contribution in [0.3, 0.4) is 0 Å². The fourth-order valence-electron chi connectivity index (χ4n) is 3.50. The number of nitrogens with zero attached hydrogens (tertiary/aromatic N) is 3. The molecule has 1 heterocycles. The SMILES string of the molecule is CCNC(=NCC(C)c1c(C)noc1C)N(C)Cc1cc(OC)c(OC)cc1C. The van der Waals surface area contributed by atoms with Gasteiger partial charge < -0.3 is 24.2 Å². The molecule has 1 aromatic carbocycles. The highest BCUT2D eigenvalue weighted by molar-refractivity contribution is 5.79. The Morgan fingerprint density at radius 3 is 2.41 bits per heavy atom. The van der Waals surface area contributed by atoms with Gasteiger partial charge in [0, 0.05) is 38.2 Å². The highest BCUT2D eigenvalue weighted by Gasteiger charge is 2.17. The number of methoxy groups -OCH3 is 2. The van der Waals surface area contributed by atoms with E-state index in [0.717, 1.165) is 52.1 Å². The molecule has 0 spiro atoms. The van der Waals surface area contributed by atoms with E-state index < -0.39 is 0 Å². The van der Waals surface area contributed by atoms with Gasteiger partial charge in [-0.05, 0) is 51.0 Å². The van der Waals surface area contributed by atoms with Crippen LogP contribution in [0.5, 0.6) is 11.5 Å². The first kappa shape index (κ1) is 22.6. The van der Waals surface area contributed by atoms with E-state index in [1.54, 1.807) is 14.2 Å². The minimum absolute atomic E-state index is 0.228. The van der Waals surface area contributed by atoms with Crippen LogP contribution in [0.25, 0.3) is 0 Å². The second-order valence-corrected chi connectivity index (χ2v) is 7.32. The maximum absolute atomic E-state index is 5.46. The van der Waals surface area contributed by atoms with Crippen molar-refractivity contribution in [2.45, 2.75) is 47.1 Å². The van der Waals surface area contributed by atoms with E-state index in [0.29, 0.717) is 13.1 Å². The van der Waals surface area contributed by atoms with E-state index in [2.05, 4.69) is 36.1 Å². The van der Waals surface area contributed by atoms with E-state index in [-0.39, 0.29) is 5.92 Å².